The Morgan fingerprint density at radius 2 is 2.02 bits per heavy atom. The normalized spacial score (nSPS) is 16.7. The van der Waals surface area contributed by atoms with Crippen LogP contribution in [0, 0.1) is 5.92 Å². The van der Waals surface area contributed by atoms with Crippen LogP contribution in [0.5, 0.6) is 0 Å². The highest BCUT2D eigenvalue weighted by Gasteiger charge is 2.23. The number of pyridine rings is 1. The number of carbonyl (C=O) groups excluding carboxylic acids is 1. The van der Waals surface area contributed by atoms with Crippen molar-refractivity contribution in [1.82, 2.24) is 29.9 Å². The maximum atomic E-state index is 13.3. The van der Waals surface area contributed by atoms with Crippen molar-refractivity contribution in [3.05, 3.63) is 90.0 Å². The van der Waals surface area contributed by atoms with E-state index in [1.165, 1.54) is 0 Å². The zero-order valence-electron chi connectivity index (χ0n) is 25.4. The first-order valence-corrected chi connectivity index (χ1v) is 15.2. The molecule has 45 heavy (non-hydrogen) atoms. The molecule has 2 atom stereocenters. The molecule has 11 heteroatoms. The predicted molar refractivity (Wildman–Crippen MR) is 174 cm³/mol. The molecular formula is C34H37FN8O2. The van der Waals surface area contributed by atoms with Crippen LogP contribution in [0.2, 0.25) is 0 Å². The van der Waals surface area contributed by atoms with Crippen LogP contribution in [0.3, 0.4) is 0 Å². The molecule has 0 saturated carbocycles. The van der Waals surface area contributed by atoms with E-state index in [9.17, 15) is 14.3 Å². The Morgan fingerprint density at radius 3 is 2.82 bits per heavy atom. The van der Waals surface area contributed by atoms with Gasteiger partial charge in [-0.15, -0.1) is 0 Å². The molecule has 2 aromatic carbocycles. The highest BCUT2D eigenvalue weighted by Crippen LogP contribution is 2.31. The van der Waals surface area contributed by atoms with Gasteiger partial charge < -0.3 is 21.1 Å². The number of hydrogen-bond acceptors (Lipinski definition) is 9. The number of hydrogen-bond donors (Lipinski definition) is 4. The highest BCUT2D eigenvalue weighted by molar-refractivity contribution is 5.98. The molecule has 4 heterocycles. The van der Waals surface area contributed by atoms with Crippen LogP contribution in [0.1, 0.15) is 42.9 Å². The maximum absolute atomic E-state index is 13.3. The van der Waals surface area contributed by atoms with Crippen molar-refractivity contribution in [2.45, 2.75) is 45.3 Å². The number of allylic oxidation sites excluding steroid dienone is 1. The smallest absolute Gasteiger partial charge is 0.229 e. The second kappa shape index (κ2) is 13.1. The lowest BCUT2D eigenvalue weighted by atomic mass is 9.95. The molecule has 10 nitrogen and oxygen atoms in total. The van der Waals surface area contributed by atoms with E-state index in [4.69, 9.17) is 15.0 Å². The molecule has 1 fully saturated rings. The van der Waals surface area contributed by atoms with Crippen LogP contribution in [0.4, 0.5) is 16.3 Å². The second-order valence-electron chi connectivity index (χ2n) is 11.8. The molecule has 232 valence electrons. The van der Waals surface area contributed by atoms with Crippen molar-refractivity contribution < 1.29 is 14.3 Å². The lowest BCUT2D eigenvalue weighted by molar-refractivity contribution is -0.116. The summed E-state index contributed by atoms with van der Waals surface area (Å²) < 4.78 is 15.0. The van der Waals surface area contributed by atoms with Gasteiger partial charge in [-0.3, -0.25) is 9.78 Å². The SMILES string of the molecule is C=C(F)C(=O)Cc1ccc2c(-c3ccccc3CNc3nc(NC[C@H]4CCNC[C@@H]4O)nc4c(C(C)C)cnn34)nccc2c1. The van der Waals surface area contributed by atoms with Gasteiger partial charge in [-0.05, 0) is 41.5 Å². The van der Waals surface area contributed by atoms with Gasteiger partial charge in [-0.25, -0.2) is 4.39 Å². The quantitative estimate of drug-likeness (QED) is 0.152. The lowest BCUT2D eigenvalue weighted by Gasteiger charge is -2.28. The highest BCUT2D eigenvalue weighted by atomic mass is 19.1. The summed E-state index contributed by atoms with van der Waals surface area (Å²) in [5.74, 6) is -0.211. The van der Waals surface area contributed by atoms with Crippen molar-refractivity contribution in [1.29, 1.82) is 0 Å². The molecule has 0 amide bonds. The van der Waals surface area contributed by atoms with E-state index < -0.39 is 17.7 Å². The maximum Gasteiger partial charge on any atom is 0.229 e. The Labute approximate surface area is 260 Å². The third-order valence-corrected chi connectivity index (χ3v) is 8.33. The van der Waals surface area contributed by atoms with Gasteiger partial charge in [0, 0.05) is 54.7 Å². The number of fused-ring (bicyclic) bond motifs is 2. The molecule has 4 N–H and O–H groups in total. The summed E-state index contributed by atoms with van der Waals surface area (Å²) in [5.41, 5.74) is 5.21. The van der Waals surface area contributed by atoms with Gasteiger partial charge in [-0.1, -0.05) is 62.9 Å². The number of rotatable bonds is 11. The van der Waals surface area contributed by atoms with Gasteiger partial charge in [0.2, 0.25) is 11.9 Å². The molecule has 0 spiro atoms. The topological polar surface area (TPSA) is 129 Å². The average Bonchev–Trinajstić information content (AvgIpc) is 3.48. The van der Waals surface area contributed by atoms with Crippen LogP contribution < -0.4 is 16.0 Å². The van der Waals surface area contributed by atoms with Gasteiger partial charge in [-0.2, -0.15) is 19.6 Å². The molecule has 1 aliphatic heterocycles. The van der Waals surface area contributed by atoms with Crippen molar-refractivity contribution in [3.63, 3.8) is 0 Å². The fourth-order valence-corrected chi connectivity index (χ4v) is 5.77. The van der Waals surface area contributed by atoms with E-state index in [0.29, 0.717) is 37.1 Å². The molecule has 1 saturated heterocycles. The molecule has 3 aromatic heterocycles. The summed E-state index contributed by atoms with van der Waals surface area (Å²) in [5, 5.41) is 26.9. The minimum absolute atomic E-state index is 0.0436. The summed E-state index contributed by atoms with van der Waals surface area (Å²) in [7, 11) is 0. The van der Waals surface area contributed by atoms with Gasteiger partial charge in [0.25, 0.3) is 0 Å². The number of nitrogens with one attached hydrogen (secondary N) is 3. The van der Waals surface area contributed by atoms with E-state index in [1.807, 2.05) is 54.7 Å². The van der Waals surface area contributed by atoms with Gasteiger partial charge in [0.1, 0.15) is 0 Å². The minimum atomic E-state index is -0.938. The summed E-state index contributed by atoms with van der Waals surface area (Å²) >= 11 is 0. The van der Waals surface area contributed by atoms with E-state index in [2.05, 4.69) is 41.5 Å². The second-order valence-corrected chi connectivity index (χ2v) is 11.8. The molecule has 0 unspecified atom stereocenters. The summed E-state index contributed by atoms with van der Waals surface area (Å²) in [4.78, 5) is 26.2. The molecule has 0 radical (unpaired) electrons. The first-order chi connectivity index (χ1) is 21.8. The summed E-state index contributed by atoms with van der Waals surface area (Å²) in [6, 6.07) is 15.6. The zero-order chi connectivity index (χ0) is 31.5. The largest absolute Gasteiger partial charge is 0.391 e. The van der Waals surface area contributed by atoms with Gasteiger partial charge >= 0.3 is 0 Å². The Bertz CT molecular complexity index is 1870. The number of halogens is 1. The molecule has 6 rings (SSSR count). The van der Waals surface area contributed by atoms with Crippen LogP contribution in [-0.2, 0) is 17.8 Å². The fraction of sp³-hybridized carbons (Fsp3) is 0.324. The molecular weight excluding hydrogens is 571 g/mol. The molecule has 5 aromatic rings. The van der Waals surface area contributed by atoms with Crippen molar-refractivity contribution in [3.8, 4) is 11.3 Å². The number of aliphatic hydroxyl groups excluding tert-OH is 1. The number of piperidine rings is 1. The molecule has 0 bridgehead atoms. The third-order valence-electron chi connectivity index (χ3n) is 8.33. The number of aliphatic hydroxyl groups is 1. The van der Waals surface area contributed by atoms with Crippen molar-refractivity contribution in [2.24, 2.45) is 5.92 Å². The number of benzene rings is 2. The number of ketones is 1. The standard InChI is InChI=1S/C34H37FN8O2/c1-20(2)28-18-40-43-32(28)41-33(38-17-25-10-12-36-19-30(25)45)42-34(43)39-16-24-6-4-5-7-26(24)31-27-9-8-22(15-29(44)21(3)35)14-23(27)11-13-37-31/h4-9,11,13-14,18,20,25,30,36,45H,3,10,12,15-17,19H2,1-2H3,(H2,38,39,41,42)/t25-,30+/m1/s1. The molecule has 1 aliphatic rings. The Morgan fingerprint density at radius 1 is 1.18 bits per heavy atom. The Hall–Kier alpha value is -4.74. The fourth-order valence-electron chi connectivity index (χ4n) is 5.77. The van der Waals surface area contributed by atoms with Crippen molar-refractivity contribution in [2.75, 3.05) is 30.3 Å². The van der Waals surface area contributed by atoms with E-state index in [-0.39, 0.29) is 18.3 Å². The number of Topliss-reactive ketones (excluding diaryl/α,β-unsaturated/α-hetero) is 1. The minimum Gasteiger partial charge on any atom is -0.391 e. The third kappa shape index (κ3) is 6.54. The van der Waals surface area contributed by atoms with Crippen LogP contribution >= 0.6 is 0 Å². The average molecular weight is 609 g/mol. The number of aromatic nitrogens is 5. The number of nitrogens with zero attached hydrogens (tertiary/aromatic N) is 5. The lowest BCUT2D eigenvalue weighted by Crippen LogP contribution is -2.43. The first kappa shape index (κ1) is 30.3. The van der Waals surface area contributed by atoms with Crippen molar-refractivity contribution >= 4 is 34.1 Å². The van der Waals surface area contributed by atoms with Crippen LogP contribution in [-0.4, -0.2) is 61.2 Å². The van der Waals surface area contributed by atoms with Gasteiger partial charge in [0.05, 0.1) is 18.0 Å². The number of anilines is 2. The van der Waals surface area contributed by atoms with Gasteiger partial charge in [0.15, 0.2) is 17.3 Å². The number of carbonyl (C=O) groups is 1. The molecule has 0 aliphatic carbocycles. The zero-order valence-corrected chi connectivity index (χ0v) is 25.4. The van der Waals surface area contributed by atoms with E-state index >= 15 is 0 Å². The predicted octanol–water partition coefficient (Wildman–Crippen LogP) is 5.05. The summed E-state index contributed by atoms with van der Waals surface area (Å²) in [6.07, 6.45) is 3.98. The Balaban J connectivity index is 1.29. The monoisotopic (exact) mass is 608 g/mol. The van der Waals surface area contributed by atoms with E-state index in [0.717, 1.165) is 51.8 Å². The van der Waals surface area contributed by atoms with E-state index in [1.54, 1.807) is 10.7 Å². The first-order valence-electron chi connectivity index (χ1n) is 15.2. The summed E-state index contributed by atoms with van der Waals surface area (Å²) in [6.45, 7) is 9.80. The van der Waals surface area contributed by atoms with Crippen LogP contribution in [0.15, 0.2) is 73.3 Å². The number of β-amino-alcohol motifs (C(OH)–C–C–N with tert-alkyl or cyclic N) is 1. The van der Waals surface area contributed by atoms with Crippen LogP contribution in [0.25, 0.3) is 27.7 Å². The Kier molecular flexibility index (Phi) is 8.81.